The molecule has 0 aliphatic carbocycles. The van der Waals surface area contributed by atoms with E-state index in [1.54, 1.807) is 6.92 Å². The van der Waals surface area contributed by atoms with Crippen LogP contribution in [0.5, 0.6) is 0 Å². The highest BCUT2D eigenvalue weighted by molar-refractivity contribution is 5.76. The van der Waals surface area contributed by atoms with Gasteiger partial charge < -0.3 is 4.79 Å². The smallest absolute Gasteiger partial charge is 0.130 e. The van der Waals surface area contributed by atoms with Gasteiger partial charge in [0.2, 0.25) is 0 Å². The van der Waals surface area contributed by atoms with Crippen LogP contribution in [0.2, 0.25) is 0 Å². The highest BCUT2D eigenvalue weighted by Crippen LogP contribution is 2.29. The van der Waals surface area contributed by atoms with Gasteiger partial charge >= 0.3 is 0 Å². The van der Waals surface area contributed by atoms with Crippen molar-refractivity contribution in [1.29, 1.82) is 5.26 Å². The zero-order chi connectivity index (χ0) is 12.7. The normalized spacial score (nSPS) is 14.2. The maximum Gasteiger partial charge on any atom is 0.130 e. The van der Waals surface area contributed by atoms with Gasteiger partial charge in [-0.25, -0.2) is 0 Å². The molecule has 2 atom stereocenters. The zero-order valence-electron chi connectivity index (χ0n) is 10.3. The molecule has 0 aliphatic heterocycles. The van der Waals surface area contributed by atoms with Crippen LogP contribution >= 0.6 is 0 Å². The lowest BCUT2D eigenvalue weighted by Crippen LogP contribution is -2.11. The molecule has 0 spiro atoms. The van der Waals surface area contributed by atoms with Crippen LogP contribution in [0.4, 0.5) is 0 Å². The predicted octanol–water partition coefficient (Wildman–Crippen LogP) is 3.47. The first-order chi connectivity index (χ1) is 8.15. The molecular weight excluding hydrogens is 210 g/mol. The monoisotopic (exact) mass is 227 g/mol. The minimum Gasteiger partial charge on any atom is -0.300 e. The fraction of sp³-hybridized carbons (Fsp3) is 0.333. The molecule has 0 fully saturated rings. The van der Waals surface area contributed by atoms with Crippen LogP contribution in [0.15, 0.2) is 42.5 Å². The largest absolute Gasteiger partial charge is 0.300 e. The van der Waals surface area contributed by atoms with E-state index in [4.69, 9.17) is 5.26 Å². The van der Waals surface area contributed by atoms with Crippen LogP contribution in [0.1, 0.15) is 31.7 Å². The average Bonchev–Trinajstić information content (AvgIpc) is 2.34. The molecule has 88 valence electrons. The van der Waals surface area contributed by atoms with Crippen LogP contribution in [0.25, 0.3) is 0 Å². The number of ketones is 1. The van der Waals surface area contributed by atoms with Gasteiger partial charge in [-0.15, -0.1) is 0 Å². The first-order valence-electron chi connectivity index (χ1n) is 5.75. The fourth-order valence-electron chi connectivity index (χ4n) is 1.95. The molecule has 2 heteroatoms. The number of nitriles is 1. The van der Waals surface area contributed by atoms with Gasteiger partial charge in [0.1, 0.15) is 5.78 Å². The molecule has 1 aromatic carbocycles. The van der Waals surface area contributed by atoms with E-state index in [9.17, 15) is 4.79 Å². The highest BCUT2D eigenvalue weighted by Gasteiger charge is 2.18. The predicted molar refractivity (Wildman–Crippen MR) is 68.4 cm³/mol. The second-order valence-electron chi connectivity index (χ2n) is 4.27. The van der Waals surface area contributed by atoms with Gasteiger partial charge in [0.25, 0.3) is 0 Å². The maximum atomic E-state index is 11.3. The van der Waals surface area contributed by atoms with Crippen molar-refractivity contribution in [1.82, 2.24) is 0 Å². The van der Waals surface area contributed by atoms with Gasteiger partial charge in [-0.3, -0.25) is 0 Å². The number of allylic oxidation sites excluding steroid dienone is 2. The van der Waals surface area contributed by atoms with Gasteiger partial charge in [-0.05, 0) is 24.3 Å². The van der Waals surface area contributed by atoms with Gasteiger partial charge in [-0.1, -0.05) is 43.3 Å². The second kappa shape index (κ2) is 6.65. The summed E-state index contributed by atoms with van der Waals surface area (Å²) >= 11 is 0. The Morgan fingerprint density at radius 2 is 2.06 bits per heavy atom. The Bertz CT molecular complexity index is 428. The number of benzene rings is 1. The van der Waals surface area contributed by atoms with E-state index >= 15 is 0 Å². The molecule has 0 N–H and O–H groups in total. The summed E-state index contributed by atoms with van der Waals surface area (Å²) in [6.45, 7) is 3.64. The lowest BCUT2D eigenvalue weighted by Gasteiger charge is -2.20. The molecule has 0 aromatic heterocycles. The van der Waals surface area contributed by atoms with Crippen molar-refractivity contribution in [2.75, 3.05) is 0 Å². The number of carbonyl (C=O) groups excluding carboxylic acids is 1. The van der Waals surface area contributed by atoms with Crippen LogP contribution in [-0.2, 0) is 4.79 Å². The third-order valence-electron chi connectivity index (χ3n) is 2.84. The highest BCUT2D eigenvalue weighted by atomic mass is 16.1. The van der Waals surface area contributed by atoms with Crippen molar-refractivity contribution >= 4 is 5.78 Å². The SMILES string of the molecule is CC(=O)C[C@H](c1ccccc1)[C@@H](C)/C=C\C#N. The fourth-order valence-corrected chi connectivity index (χ4v) is 1.95. The number of rotatable bonds is 5. The molecule has 17 heavy (non-hydrogen) atoms. The Morgan fingerprint density at radius 3 is 2.59 bits per heavy atom. The van der Waals surface area contributed by atoms with E-state index in [0.717, 1.165) is 5.56 Å². The van der Waals surface area contributed by atoms with Crippen LogP contribution in [0, 0.1) is 17.2 Å². The summed E-state index contributed by atoms with van der Waals surface area (Å²) in [5.41, 5.74) is 1.15. The standard InChI is InChI=1S/C15H17NO/c1-12(7-6-10-16)15(11-13(2)17)14-8-4-3-5-9-14/h3-9,12,15H,11H2,1-2H3/b7-6-/t12-,15-/m0/s1. The van der Waals surface area contributed by atoms with Crippen molar-refractivity contribution in [3.63, 3.8) is 0 Å². The Labute approximate surface area is 103 Å². The van der Waals surface area contributed by atoms with Crippen molar-refractivity contribution in [2.45, 2.75) is 26.2 Å². The van der Waals surface area contributed by atoms with Crippen LogP contribution < -0.4 is 0 Å². The Balaban J connectivity index is 2.92. The molecule has 1 rings (SSSR count). The number of Topliss-reactive ketones (excluding diaryl/α,β-unsaturated/α-hetero) is 1. The van der Waals surface area contributed by atoms with E-state index in [2.05, 4.69) is 0 Å². The summed E-state index contributed by atoms with van der Waals surface area (Å²) in [7, 11) is 0. The number of nitrogens with zero attached hydrogens (tertiary/aromatic N) is 1. The Kier molecular flexibility index (Phi) is 5.16. The molecule has 1 aromatic rings. The average molecular weight is 227 g/mol. The van der Waals surface area contributed by atoms with Crippen molar-refractivity contribution in [3.8, 4) is 6.07 Å². The molecule has 0 radical (unpaired) electrons. The minimum atomic E-state index is 0.151. The molecule has 0 bridgehead atoms. The van der Waals surface area contributed by atoms with Gasteiger partial charge in [0.15, 0.2) is 0 Å². The molecule has 0 saturated carbocycles. The van der Waals surface area contributed by atoms with E-state index in [1.165, 1.54) is 6.08 Å². The third-order valence-corrected chi connectivity index (χ3v) is 2.84. The van der Waals surface area contributed by atoms with E-state index in [0.29, 0.717) is 6.42 Å². The molecule has 2 nitrogen and oxygen atoms in total. The quantitative estimate of drug-likeness (QED) is 0.723. The molecule has 0 unspecified atom stereocenters. The lowest BCUT2D eigenvalue weighted by molar-refractivity contribution is -0.117. The summed E-state index contributed by atoms with van der Waals surface area (Å²) < 4.78 is 0. The van der Waals surface area contributed by atoms with E-state index < -0.39 is 0 Å². The summed E-state index contributed by atoms with van der Waals surface area (Å²) in [5.74, 6) is 0.510. The maximum absolute atomic E-state index is 11.3. The molecule has 0 aliphatic rings. The van der Waals surface area contributed by atoms with Crippen molar-refractivity contribution in [3.05, 3.63) is 48.0 Å². The Morgan fingerprint density at radius 1 is 1.41 bits per heavy atom. The van der Waals surface area contributed by atoms with E-state index in [-0.39, 0.29) is 17.6 Å². The zero-order valence-corrected chi connectivity index (χ0v) is 10.3. The second-order valence-corrected chi connectivity index (χ2v) is 4.27. The molecule has 0 amide bonds. The molecular formula is C15H17NO. The van der Waals surface area contributed by atoms with Crippen molar-refractivity contribution in [2.24, 2.45) is 5.92 Å². The van der Waals surface area contributed by atoms with Crippen LogP contribution in [-0.4, -0.2) is 5.78 Å². The summed E-state index contributed by atoms with van der Waals surface area (Å²) in [6.07, 6.45) is 3.86. The van der Waals surface area contributed by atoms with Gasteiger partial charge in [-0.2, -0.15) is 5.26 Å². The topological polar surface area (TPSA) is 40.9 Å². The first-order valence-corrected chi connectivity index (χ1v) is 5.75. The summed E-state index contributed by atoms with van der Waals surface area (Å²) in [5, 5.41) is 8.55. The van der Waals surface area contributed by atoms with Gasteiger partial charge in [0.05, 0.1) is 6.07 Å². The van der Waals surface area contributed by atoms with E-state index in [1.807, 2.05) is 49.4 Å². The van der Waals surface area contributed by atoms with Crippen molar-refractivity contribution < 1.29 is 4.79 Å². The summed E-state index contributed by atoms with van der Waals surface area (Å²) in [4.78, 5) is 11.3. The van der Waals surface area contributed by atoms with Gasteiger partial charge in [0, 0.05) is 12.5 Å². The first kappa shape index (κ1) is 13.2. The minimum absolute atomic E-state index is 0.151. The third kappa shape index (κ3) is 4.24. The molecule has 0 saturated heterocycles. The number of hydrogen-bond acceptors (Lipinski definition) is 2. The number of carbonyl (C=O) groups is 1. The lowest BCUT2D eigenvalue weighted by atomic mass is 9.83. The summed E-state index contributed by atoms with van der Waals surface area (Å²) in [6, 6.07) is 12.0. The molecule has 0 heterocycles. The van der Waals surface area contributed by atoms with Crippen LogP contribution in [0.3, 0.4) is 0 Å². The number of hydrogen-bond donors (Lipinski definition) is 0. The Hall–Kier alpha value is -1.88.